The number of aromatic nitrogens is 2. The van der Waals surface area contributed by atoms with Crippen molar-refractivity contribution < 1.29 is 9.53 Å². The predicted molar refractivity (Wildman–Crippen MR) is 62.3 cm³/mol. The lowest BCUT2D eigenvalue weighted by Crippen LogP contribution is -2.03. The highest BCUT2D eigenvalue weighted by Gasteiger charge is 2.20. The Bertz CT molecular complexity index is 481. The predicted octanol–water partition coefficient (Wildman–Crippen LogP) is 2.82. The molecule has 2 heterocycles. The second-order valence-corrected chi connectivity index (χ2v) is 5.50. The summed E-state index contributed by atoms with van der Waals surface area (Å²) >= 11 is 6.08. The number of nitrogens with zero attached hydrogens (tertiary/aromatic N) is 2. The normalized spacial score (nSPS) is 10.3. The molecule has 0 unspecified atom stereocenters. The van der Waals surface area contributed by atoms with Gasteiger partial charge in [0, 0.05) is 5.38 Å². The molecule has 2 aromatic heterocycles. The third-order valence-corrected chi connectivity index (χ3v) is 3.76. The van der Waals surface area contributed by atoms with Crippen molar-refractivity contribution in [3.63, 3.8) is 0 Å². The number of rotatable bonds is 2. The van der Waals surface area contributed by atoms with E-state index in [0.29, 0.717) is 9.61 Å². The molecule has 0 radical (unpaired) electrons. The van der Waals surface area contributed by atoms with E-state index < -0.39 is 5.97 Å². The van der Waals surface area contributed by atoms with Crippen molar-refractivity contribution in [3.8, 4) is 10.6 Å². The van der Waals surface area contributed by atoms with Crippen LogP contribution in [0.4, 0.5) is 0 Å². The van der Waals surface area contributed by atoms with Gasteiger partial charge in [-0.15, -0.1) is 22.7 Å². The molecule has 0 atom stereocenters. The lowest BCUT2D eigenvalue weighted by molar-refractivity contribution is 0.0595. The van der Waals surface area contributed by atoms with Gasteiger partial charge in [0.05, 0.1) is 23.2 Å². The first-order valence-corrected chi connectivity index (χ1v) is 6.41. The maximum Gasteiger partial charge on any atom is 0.358 e. The van der Waals surface area contributed by atoms with Gasteiger partial charge < -0.3 is 4.74 Å². The second kappa shape index (κ2) is 4.38. The first kappa shape index (κ1) is 10.7. The van der Waals surface area contributed by atoms with Crippen LogP contribution in [0.3, 0.4) is 0 Å². The minimum absolute atomic E-state index is 0.306. The van der Waals surface area contributed by atoms with E-state index in [0.717, 1.165) is 10.6 Å². The third kappa shape index (κ3) is 2.09. The van der Waals surface area contributed by atoms with E-state index in [1.807, 2.05) is 5.38 Å². The second-order valence-electron chi connectivity index (χ2n) is 2.51. The van der Waals surface area contributed by atoms with Crippen molar-refractivity contribution in [2.75, 3.05) is 7.11 Å². The number of thiazole rings is 2. The van der Waals surface area contributed by atoms with E-state index in [1.54, 1.807) is 5.51 Å². The summed E-state index contributed by atoms with van der Waals surface area (Å²) in [4.78, 5) is 20.4. The van der Waals surface area contributed by atoms with Crippen molar-refractivity contribution >= 4 is 44.6 Å². The summed E-state index contributed by atoms with van der Waals surface area (Å²) in [7, 11) is 1.33. The molecule has 0 N–H and O–H groups in total. The lowest BCUT2D eigenvalue weighted by atomic mass is 10.3. The number of carbonyl (C=O) groups excluding carboxylic acids is 1. The van der Waals surface area contributed by atoms with Gasteiger partial charge in [0.25, 0.3) is 0 Å². The minimum atomic E-state index is -0.444. The van der Waals surface area contributed by atoms with Gasteiger partial charge in [-0.25, -0.2) is 14.8 Å². The summed E-state index contributed by atoms with van der Waals surface area (Å²) in [6, 6.07) is 0. The molecular formula is C8H5BrN2O2S2. The van der Waals surface area contributed by atoms with E-state index >= 15 is 0 Å². The van der Waals surface area contributed by atoms with Crippen LogP contribution in [0.5, 0.6) is 0 Å². The number of hydrogen-bond donors (Lipinski definition) is 0. The van der Waals surface area contributed by atoms with Crippen LogP contribution in [0.15, 0.2) is 14.8 Å². The Morgan fingerprint density at radius 3 is 3.00 bits per heavy atom. The third-order valence-electron chi connectivity index (χ3n) is 1.64. The van der Waals surface area contributed by atoms with Crippen LogP contribution in [0.2, 0.25) is 0 Å². The molecule has 0 aromatic carbocycles. The van der Waals surface area contributed by atoms with Gasteiger partial charge in [0.15, 0.2) is 9.61 Å². The molecule has 0 saturated carbocycles. The zero-order chi connectivity index (χ0) is 10.8. The molecule has 0 aliphatic heterocycles. The fourth-order valence-corrected chi connectivity index (χ4v) is 3.05. The van der Waals surface area contributed by atoms with Crippen LogP contribution < -0.4 is 0 Å². The molecular weight excluding hydrogens is 300 g/mol. The average Bonchev–Trinajstić information content (AvgIpc) is 2.84. The summed E-state index contributed by atoms with van der Waals surface area (Å²) in [5.41, 5.74) is 2.77. The van der Waals surface area contributed by atoms with Crippen LogP contribution in [0.1, 0.15) is 10.5 Å². The zero-order valence-electron chi connectivity index (χ0n) is 7.56. The summed E-state index contributed by atoms with van der Waals surface area (Å²) in [6.45, 7) is 0. The molecule has 0 aliphatic rings. The number of methoxy groups -OCH3 is 1. The maximum atomic E-state index is 11.4. The summed E-state index contributed by atoms with van der Waals surface area (Å²) in [6.07, 6.45) is 0. The summed E-state index contributed by atoms with van der Waals surface area (Å²) < 4.78 is 5.29. The number of ether oxygens (including phenoxy) is 1. The molecule has 0 aliphatic carbocycles. The monoisotopic (exact) mass is 304 g/mol. The largest absolute Gasteiger partial charge is 0.464 e. The fourth-order valence-electron chi connectivity index (χ4n) is 1.03. The SMILES string of the molecule is COC(=O)c1nc(Br)sc1-c1cscn1. The van der Waals surface area contributed by atoms with Gasteiger partial charge in [0.2, 0.25) is 0 Å². The standard InChI is InChI=1S/C8H5BrN2O2S2/c1-13-7(12)5-6(15-8(9)11-5)4-2-14-3-10-4/h2-3H,1H3. The van der Waals surface area contributed by atoms with Crippen molar-refractivity contribution in [1.82, 2.24) is 9.97 Å². The van der Waals surface area contributed by atoms with Crippen LogP contribution in [-0.4, -0.2) is 23.0 Å². The molecule has 0 bridgehead atoms. The van der Waals surface area contributed by atoms with E-state index in [9.17, 15) is 4.79 Å². The Morgan fingerprint density at radius 1 is 1.60 bits per heavy atom. The lowest BCUT2D eigenvalue weighted by Gasteiger charge is -1.96. The number of halogens is 1. The van der Waals surface area contributed by atoms with Crippen LogP contribution in [0.25, 0.3) is 10.6 Å². The molecule has 7 heteroatoms. The maximum absolute atomic E-state index is 11.4. The van der Waals surface area contributed by atoms with Crippen molar-refractivity contribution in [3.05, 3.63) is 20.5 Å². The Morgan fingerprint density at radius 2 is 2.40 bits per heavy atom. The Hall–Kier alpha value is -0.790. The summed E-state index contributed by atoms with van der Waals surface area (Å²) in [5, 5.41) is 1.87. The Labute approximate surface area is 102 Å². The highest BCUT2D eigenvalue weighted by Crippen LogP contribution is 2.32. The first-order chi connectivity index (χ1) is 7.22. The van der Waals surface area contributed by atoms with E-state index in [-0.39, 0.29) is 0 Å². The number of esters is 1. The van der Waals surface area contributed by atoms with E-state index in [4.69, 9.17) is 0 Å². The minimum Gasteiger partial charge on any atom is -0.464 e. The molecule has 0 saturated heterocycles. The molecule has 2 aromatic rings. The van der Waals surface area contributed by atoms with Crippen molar-refractivity contribution in [1.29, 1.82) is 0 Å². The first-order valence-electron chi connectivity index (χ1n) is 3.85. The molecule has 0 fully saturated rings. The quantitative estimate of drug-likeness (QED) is 0.801. The molecule has 4 nitrogen and oxygen atoms in total. The molecule has 0 spiro atoms. The van der Waals surface area contributed by atoms with E-state index in [2.05, 4.69) is 30.6 Å². The molecule has 0 amide bonds. The van der Waals surface area contributed by atoms with Crippen molar-refractivity contribution in [2.45, 2.75) is 0 Å². The highest BCUT2D eigenvalue weighted by molar-refractivity contribution is 9.11. The van der Waals surface area contributed by atoms with Gasteiger partial charge in [-0.05, 0) is 15.9 Å². The molecule has 15 heavy (non-hydrogen) atoms. The average molecular weight is 305 g/mol. The topological polar surface area (TPSA) is 52.1 Å². The van der Waals surface area contributed by atoms with Gasteiger partial charge in [0.1, 0.15) is 0 Å². The van der Waals surface area contributed by atoms with Gasteiger partial charge in [-0.2, -0.15) is 0 Å². The van der Waals surface area contributed by atoms with Gasteiger partial charge >= 0.3 is 5.97 Å². The Balaban J connectivity index is 2.52. The zero-order valence-corrected chi connectivity index (χ0v) is 10.8. The van der Waals surface area contributed by atoms with Gasteiger partial charge in [-0.3, -0.25) is 0 Å². The molecule has 2 rings (SSSR count). The highest BCUT2D eigenvalue weighted by atomic mass is 79.9. The van der Waals surface area contributed by atoms with Crippen molar-refractivity contribution in [2.24, 2.45) is 0 Å². The number of hydrogen-bond acceptors (Lipinski definition) is 6. The Kier molecular flexibility index (Phi) is 3.13. The smallest absolute Gasteiger partial charge is 0.358 e. The van der Waals surface area contributed by atoms with E-state index in [1.165, 1.54) is 29.8 Å². The summed E-state index contributed by atoms with van der Waals surface area (Å²) in [5.74, 6) is -0.444. The van der Waals surface area contributed by atoms with Crippen LogP contribution in [-0.2, 0) is 4.74 Å². The van der Waals surface area contributed by atoms with Crippen LogP contribution in [0, 0.1) is 0 Å². The van der Waals surface area contributed by atoms with Gasteiger partial charge in [-0.1, -0.05) is 0 Å². The molecule has 78 valence electrons. The number of carbonyl (C=O) groups is 1. The van der Waals surface area contributed by atoms with Crippen LogP contribution >= 0.6 is 38.6 Å². The fraction of sp³-hybridized carbons (Fsp3) is 0.125.